The van der Waals surface area contributed by atoms with Gasteiger partial charge in [0.2, 0.25) is 0 Å². The van der Waals surface area contributed by atoms with Gasteiger partial charge in [-0.3, -0.25) is 0 Å². The predicted molar refractivity (Wildman–Crippen MR) is 111 cm³/mol. The third-order valence-corrected chi connectivity index (χ3v) is 5.73. The van der Waals surface area contributed by atoms with Gasteiger partial charge in [-0.1, -0.05) is 30.3 Å². The van der Waals surface area contributed by atoms with Crippen molar-refractivity contribution in [3.8, 4) is 0 Å². The molecule has 0 atom stereocenters. The molecular formula is C20H29N5S. The number of nitrogens with one attached hydrogen (secondary N) is 1. The highest BCUT2D eigenvalue weighted by molar-refractivity contribution is 8.00. The molecular weight excluding hydrogens is 342 g/mol. The quantitative estimate of drug-likeness (QED) is 0.647. The van der Waals surface area contributed by atoms with E-state index in [1.807, 2.05) is 30.2 Å². The normalized spacial score (nSPS) is 17.3. The van der Waals surface area contributed by atoms with Crippen LogP contribution >= 0.6 is 11.8 Å². The lowest BCUT2D eigenvalue weighted by atomic mass is 10.2. The molecule has 1 aliphatic heterocycles. The molecule has 1 saturated heterocycles. The van der Waals surface area contributed by atoms with Crippen LogP contribution in [0.5, 0.6) is 0 Å². The van der Waals surface area contributed by atoms with Crippen LogP contribution in [0, 0.1) is 0 Å². The smallest absolute Gasteiger partial charge is 0.194 e. The van der Waals surface area contributed by atoms with E-state index in [0.29, 0.717) is 6.54 Å². The Balaban J connectivity index is 1.71. The van der Waals surface area contributed by atoms with Gasteiger partial charge in [0.25, 0.3) is 0 Å². The van der Waals surface area contributed by atoms with Crippen molar-refractivity contribution in [2.24, 2.45) is 4.99 Å². The maximum absolute atomic E-state index is 4.89. The molecule has 0 saturated carbocycles. The van der Waals surface area contributed by atoms with Crippen LogP contribution in [0.1, 0.15) is 32.2 Å². The summed E-state index contributed by atoms with van der Waals surface area (Å²) in [5.41, 5.74) is 1.28. The van der Waals surface area contributed by atoms with Crippen molar-refractivity contribution < 1.29 is 0 Å². The molecule has 1 fully saturated rings. The molecule has 5 nitrogen and oxygen atoms in total. The lowest BCUT2D eigenvalue weighted by Crippen LogP contribution is -2.51. The topological polar surface area (TPSA) is 45.5 Å². The Morgan fingerprint density at radius 1 is 1.31 bits per heavy atom. The highest BCUT2D eigenvalue weighted by Crippen LogP contribution is 2.29. The molecule has 0 bridgehead atoms. The molecule has 1 aliphatic rings. The van der Waals surface area contributed by atoms with E-state index in [2.05, 4.69) is 64.8 Å². The zero-order valence-corrected chi connectivity index (χ0v) is 16.8. The average molecular weight is 372 g/mol. The Labute approximate surface area is 160 Å². The molecule has 26 heavy (non-hydrogen) atoms. The molecule has 0 amide bonds. The van der Waals surface area contributed by atoms with Crippen LogP contribution in [0.3, 0.4) is 0 Å². The molecule has 3 rings (SSSR count). The summed E-state index contributed by atoms with van der Waals surface area (Å²) in [6.45, 7) is 11.1. The molecule has 0 aliphatic carbocycles. The Hall–Kier alpha value is -1.95. The zero-order chi connectivity index (χ0) is 18.4. The Morgan fingerprint density at radius 2 is 2.12 bits per heavy atom. The SMILES string of the molecule is CCNC(=NCc1nccn1Cc1ccccc1)N1CCSC(C)(C)C1. The van der Waals surface area contributed by atoms with Crippen molar-refractivity contribution in [1.82, 2.24) is 19.8 Å². The number of aliphatic imine (C=N–C) groups is 1. The molecule has 1 aromatic heterocycles. The van der Waals surface area contributed by atoms with Gasteiger partial charge >= 0.3 is 0 Å². The summed E-state index contributed by atoms with van der Waals surface area (Å²) in [7, 11) is 0. The van der Waals surface area contributed by atoms with Gasteiger partial charge in [0.1, 0.15) is 12.4 Å². The molecule has 2 heterocycles. The number of thioether (sulfide) groups is 1. The van der Waals surface area contributed by atoms with Crippen LogP contribution in [-0.4, -0.2) is 50.5 Å². The van der Waals surface area contributed by atoms with Gasteiger partial charge in [-0.15, -0.1) is 0 Å². The van der Waals surface area contributed by atoms with E-state index in [4.69, 9.17) is 4.99 Å². The lowest BCUT2D eigenvalue weighted by molar-refractivity contribution is 0.375. The standard InChI is InChI=1S/C20H29N5S/c1-4-21-19(25-12-13-26-20(2,3)16-25)23-14-18-22-10-11-24(18)15-17-8-6-5-7-9-17/h5-11H,4,12-16H2,1-3H3,(H,21,23). The second kappa shape index (κ2) is 8.62. The van der Waals surface area contributed by atoms with Crippen molar-refractivity contribution in [3.63, 3.8) is 0 Å². The maximum atomic E-state index is 4.89. The number of imidazole rings is 1. The fourth-order valence-electron chi connectivity index (χ4n) is 3.18. The Bertz CT molecular complexity index is 723. The summed E-state index contributed by atoms with van der Waals surface area (Å²) in [6.07, 6.45) is 3.90. The summed E-state index contributed by atoms with van der Waals surface area (Å²) in [5.74, 6) is 3.13. The van der Waals surface area contributed by atoms with Gasteiger partial charge in [0, 0.05) is 49.1 Å². The third kappa shape index (κ3) is 5.04. The molecule has 140 valence electrons. The van der Waals surface area contributed by atoms with E-state index in [1.54, 1.807) is 0 Å². The van der Waals surface area contributed by atoms with E-state index < -0.39 is 0 Å². The first-order valence-corrected chi connectivity index (χ1v) is 10.3. The molecule has 0 spiro atoms. The van der Waals surface area contributed by atoms with Crippen molar-refractivity contribution in [2.45, 2.75) is 38.6 Å². The van der Waals surface area contributed by atoms with Gasteiger partial charge in [-0.2, -0.15) is 11.8 Å². The molecule has 0 unspecified atom stereocenters. The van der Waals surface area contributed by atoms with Crippen molar-refractivity contribution in [1.29, 1.82) is 0 Å². The van der Waals surface area contributed by atoms with Crippen LogP contribution in [0.25, 0.3) is 0 Å². The summed E-state index contributed by atoms with van der Waals surface area (Å²) in [4.78, 5) is 11.8. The zero-order valence-electron chi connectivity index (χ0n) is 16.0. The van der Waals surface area contributed by atoms with E-state index in [0.717, 1.165) is 43.7 Å². The van der Waals surface area contributed by atoms with Crippen LogP contribution in [0.4, 0.5) is 0 Å². The molecule has 1 aromatic carbocycles. The highest BCUT2D eigenvalue weighted by Gasteiger charge is 2.28. The second-order valence-electron chi connectivity index (χ2n) is 7.16. The van der Waals surface area contributed by atoms with Gasteiger partial charge in [0.05, 0.1) is 0 Å². The van der Waals surface area contributed by atoms with E-state index in [9.17, 15) is 0 Å². The Kier molecular flexibility index (Phi) is 6.25. The van der Waals surface area contributed by atoms with Crippen molar-refractivity contribution in [2.75, 3.05) is 25.4 Å². The number of benzene rings is 1. The molecule has 0 radical (unpaired) electrons. The number of hydrogen-bond acceptors (Lipinski definition) is 3. The fraction of sp³-hybridized carbons (Fsp3) is 0.500. The number of nitrogens with zero attached hydrogens (tertiary/aromatic N) is 4. The molecule has 1 N–H and O–H groups in total. The van der Waals surface area contributed by atoms with Crippen molar-refractivity contribution >= 4 is 17.7 Å². The van der Waals surface area contributed by atoms with E-state index in [-0.39, 0.29) is 4.75 Å². The molecule has 2 aromatic rings. The minimum absolute atomic E-state index is 0.264. The van der Waals surface area contributed by atoms with Crippen LogP contribution in [0.15, 0.2) is 47.7 Å². The Morgan fingerprint density at radius 3 is 2.85 bits per heavy atom. The second-order valence-corrected chi connectivity index (χ2v) is 8.96. The number of aromatic nitrogens is 2. The third-order valence-electron chi connectivity index (χ3n) is 4.43. The first-order valence-electron chi connectivity index (χ1n) is 9.28. The average Bonchev–Trinajstić information content (AvgIpc) is 3.05. The van der Waals surface area contributed by atoms with Gasteiger partial charge < -0.3 is 14.8 Å². The minimum Gasteiger partial charge on any atom is -0.357 e. The minimum atomic E-state index is 0.264. The lowest BCUT2D eigenvalue weighted by Gasteiger charge is -2.39. The summed E-state index contributed by atoms with van der Waals surface area (Å²) in [6, 6.07) is 10.5. The summed E-state index contributed by atoms with van der Waals surface area (Å²) >= 11 is 2.04. The predicted octanol–water partition coefficient (Wildman–Crippen LogP) is 3.22. The van der Waals surface area contributed by atoms with Crippen LogP contribution in [-0.2, 0) is 13.1 Å². The fourth-order valence-corrected chi connectivity index (χ4v) is 4.30. The maximum Gasteiger partial charge on any atom is 0.194 e. The van der Waals surface area contributed by atoms with Crippen LogP contribution < -0.4 is 5.32 Å². The number of hydrogen-bond donors (Lipinski definition) is 1. The van der Waals surface area contributed by atoms with Gasteiger partial charge in [0.15, 0.2) is 5.96 Å². The summed E-state index contributed by atoms with van der Waals surface area (Å²) in [5, 5.41) is 3.45. The highest BCUT2D eigenvalue weighted by atomic mass is 32.2. The number of rotatable bonds is 5. The number of guanidine groups is 1. The van der Waals surface area contributed by atoms with E-state index >= 15 is 0 Å². The first-order chi connectivity index (χ1) is 12.6. The first kappa shape index (κ1) is 18.8. The van der Waals surface area contributed by atoms with Gasteiger partial charge in [-0.25, -0.2) is 9.98 Å². The summed E-state index contributed by atoms with van der Waals surface area (Å²) < 4.78 is 2.44. The van der Waals surface area contributed by atoms with Crippen LogP contribution in [0.2, 0.25) is 0 Å². The van der Waals surface area contributed by atoms with Crippen molar-refractivity contribution in [3.05, 3.63) is 54.1 Å². The van der Waals surface area contributed by atoms with Gasteiger partial charge in [-0.05, 0) is 26.3 Å². The van der Waals surface area contributed by atoms with E-state index in [1.165, 1.54) is 5.56 Å². The monoisotopic (exact) mass is 371 g/mol. The largest absolute Gasteiger partial charge is 0.357 e. The molecule has 6 heteroatoms.